The fraction of sp³-hybridized carbons (Fsp3) is 0. The summed E-state index contributed by atoms with van der Waals surface area (Å²) in [5.74, 6) is -0.354. The fourth-order valence-corrected chi connectivity index (χ4v) is 0.348. The summed E-state index contributed by atoms with van der Waals surface area (Å²) in [6, 6.07) is 1.15. The molecule has 0 amide bonds. The molecule has 0 aliphatic rings. The van der Waals surface area contributed by atoms with E-state index in [4.69, 9.17) is 5.11 Å². The molecule has 0 aliphatic carbocycles. The van der Waals surface area contributed by atoms with Crippen molar-refractivity contribution in [1.29, 1.82) is 0 Å². The maximum atomic E-state index is 10.3. The molecule has 1 aromatic rings. The van der Waals surface area contributed by atoms with Gasteiger partial charge in [0.25, 0.3) is 0 Å². The van der Waals surface area contributed by atoms with Crippen LogP contribution in [-0.2, 0) is 34.1 Å². The van der Waals surface area contributed by atoms with E-state index in [0.29, 0.717) is 0 Å². The van der Waals surface area contributed by atoms with Gasteiger partial charge < -0.3 is 9.52 Å². The second kappa shape index (κ2) is 5.56. The number of hydrogen-bond donors (Lipinski definition) is 1. The summed E-state index contributed by atoms with van der Waals surface area (Å²) in [5.41, 5.74) is -0.420. The van der Waals surface area contributed by atoms with Gasteiger partial charge in [0.05, 0.1) is 6.26 Å². The van der Waals surface area contributed by atoms with Gasteiger partial charge in [-0.3, -0.25) is 4.79 Å². The van der Waals surface area contributed by atoms with Gasteiger partial charge in [-0.15, -0.1) is 0 Å². The van der Waals surface area contributed by atoms with E-state index in [-0.39, 0.29) is 39.9 Å². The Bertz CT molecular complexity index is 232. The van der Waals surface area contributed by atoms with Gasteiger partial charge in [0.15, 0.2) is 5.75 Å². The minimum atomic E-state index is -0.420. The first kappa shape index (κ1) is 12.5. The number of hydrogen-bond acceptors (Lipinski definition) is 3. The van der Waals surface area contributed by atoms with Crippen LogP contribution in [0, 0.1) is 0 Å². The molecular formula is C5H4Fe2O3+5. The summed E-state index contributed by atoms with van der Waals surface area (Å²) in [7, 11) is 0. The summed E-state index contributed by atoms with van der Waals surface area (Å²) in [5, 5.41) is 8.51. The zero-order valence-electron chi connectivity index (χ0n) is 4.70. The van der Waals surface area contributed by atoms with Crippen LogP contribution in [-0.4, -0.2) is 5.11 Å². The third kappa shape index (κ3) is 3.08. The van der Waals surface area contributed by atoms with Gasteiger partial charge in [-0.2, -0.15) is 0 Å². The van der Waals surface area contributed by atoms with Crippen LogP contribution >= 0.6 is 0 Å². The Kier molecular flexibility index (Phi) is 6.94. The van der Waals surface area contributed by atoms with Gasteiger partial charge in [-0.25, -0.2) is 0 Å². The third-order valence-corrected chi connectivity index (χ3v) is 0.730. The van der Waals surface area contributed by atoms with Crippen molar-refractivity contribution in [3.63, 3.8) is 0 Å². The Morgan fingerprint density at radius 2 is 2.10 bits per heavy atom. The Morgan fingerprint density at radius 3 is 2.40 bits per heavy atom. The molecule has 1 aromatic heterocycles. The number of aromatic hydroxyl groups is 1. The van der Waals surface area contributed by atoms with Gasteiger partial charge in [0.1, 0.15) is 6.26 Å². The first-order valence-corrected chi connectivity index (χ1v) is 2.06. The SMILES string of the molecule is O=c1ccocc1O.[Fe+2].[Fe+3]. The molecule has 0 aromatic carbocycles. The van der Waals surface area contributed by atoms with E-state index in [9.17, 15) is 4.79 Å². The molecule has 3 nitrogen and oxygen atoms in total. The van der Waals surface area contributed by atoms with E-state index in [2.05, 4.69) is 4.42 Å². The van der Waals surface area contributed by atoms with Crippen LogP contribution in [0.1, 0.15) is 0 Å². The summed E-state index contributed by atoms with van der Waals surface area (Å²) < 4.78 is 4.44. The predicted molar refractivity (Wildman–Crippen MR) is 26.6 cm³/mol. The fourth-order valence-electron chi connectivity index (χ4n) is 0.348. The Labute approximate surface area is 78.4 Å². The van der Waals surface area contributed by atoms with Gasteiger partial charge in [-0.05, 0) is 0 Å². The first-order valence-electron chi connectivity index (χ1n) is 2.06. The molecule has 53 valence electrons. The van der Waals surface area contributed by atoms with Gasteiger partial charge in [-0.1, -0.05) is 0 Å². The van der Waals surface area contributed by atoms with E-state index in [1.54, 1.807) is 0 Å². The van der Waals surface area contributed by atoms with E-state index >= 15 is 0 Å². The molecular weight excluding hydrogens is 220 g/mol. The molecule has 0 aliphatic heterocycles. The second-order valence-electron chi connectivity index (χ2n) is 1.31. The first-order chi connectivity index (χ1) is 3.80. The average molecular weight is 224 g/mol. The molecule has 0 fully saturated rings. The molecule has 1 N–H and O–H groups in total. The van der Waals surface area contributed by atoms with Gasteiger partial charge in [0.2, 0.25) is 5.43 Å². The molecule has 0 spiro atoms. The predicted octanol–water partition coefficient (Wildman–Crippen LogP) is 0.340. The molecule has 0 bridgehead atoms. The summed E-state index contributed by atoms with van der Waals surface area (Å²) in [6.07, 6.45) is 2.20. The monoisotopic (exact) mass is 224 g/mol. The van der Waals surface area contributed by atoms with Crippen molar-refractivity contribution in [2.75, 3.05) is 0 Å². The van der Waals surface area contributed by atoms with Gasteiger partial charge >= 0.3 is 34.1 Å². The maximum absolute atomic E-state index is 10.3. The second-order valence-corrected chi connectivity index (χ2v) is 1.31. The molecule has 0 atom stereocenters. The van der Waals surface area contributed by atoms with Crippen LogP contribution in [0.25, 0.3) is 0 Å². The van der Waals surface area contributed by atoms with Crippen LogP contribution in [0.3, 0.4) is 0 Å². The molecule has 1 heterocycles. The van der Waals surface area contributed by atoms with Gasteiger partial charge in [0, 0.05) is 6.07 Å². The van der Waals surface area contributed by atoms with Crippen LogP contribution in [0.5, 0.6) is 5.75 Å². The topological polar surface area (TPSA) is 50.4 Å². The van der Waals surface area contributed by atoms with E-state index in [0.717, 1.165) is 12.3 Å². The molecule has 10 heavy (non-hydrogen) atoms. The molecule has 0 unspecified atom stereocenters. The minimum Gasteiger partial charge on any atom is -0.502 e. The zero-order chi connectivity index (χ0) is 5.98. The Hall–Kier alpha value is -0.211. The summed E-state index contributed by atoms with van der Waals surface area (Å²) in [4.78, 5) is 10.3. The molecule has 1 rings (SSSR count). The van der Waals surface area contributed by atoms with Crippen molar-refractivity contribution in [3.8, 4) is 5.75 Å². The molecule has 5 heteroatoms. The van der Waals surface area contributed by atoms with Crippen molar-refractivity contribution >= 4 is 0 Å². The summed E-state index contributed by atoms with van der Waals surface area (Å²) >= 11 is 0. The van der Waals surface area contributed by atoms with E-state index in [1.807, 2.05) is 0 Å². The standard InChI is InChI=1S/C5H4O3.2Fe/c6-4-1-2-8-3-5(4)7;;/h1-3,7H;;/q;+2;+3. The molecule has 0 saturated heterocycles. The summed E-state index contributed by atoms with van der Waals surface area (Å²) in [6.45, 7) is 0. The normalized spacial score (nSPS) is 7.20. The number of rotatable bonds is 0. The molecule has 1 radical (unpaired) electrons. The van der Waals surface area contributed by atoms with Crippen molar-refractivity contribution < 1.29 is 43.7 Å². The average Bonchev–Trinajstić information content (AvgIpc) is 1.77. The van der Waals surface area contributed by atoms with Crippen molar-refractivity contribution in [3.05, 3.63) is 28.8 Å². The van der Waals surface area contributed by atoms with Crippen LogP contribution < -0.4 is 5.43 Å². The van der Waals surface area contributed by atoms with Crippen molar-refractivity contribution in [2.45, 2.75) is 0 Å². The largest absolute Gasteiger partial charge is 3.00 e. The smallest absolute Gasteiger partial charge is 0.502 e. The van der Waals surface area contributed by atoms with E-state index < -0.39 is 5.43 Å². The van der Waals surface area contributed by atoms with Crippen LogP contribution in [0.4, 0.5) is 0 Å². The van der Waals surface area contributed by atoms with E-state index in [1.165, 1.54) is 6.26 Å². The minimum absolute atomic E-state index is 0. The van der Waals surface area contributed by atoms with Crippen LogP contribution in [0.15, 0.2) is 27.8 Å². The maximum Gasteiger partial charge on any atom is 3.00 e. The third-order valence-electron chi connectivity index (χ3n) is 0.730. The zero-order valence-corrected chi connectivity index (χ0v) is 6.91. The van der Waals surface area contributed by atoms with Crippen molar-refractivity contribution in [2.24, 2.45) is 0 Å². The van der Waals surface area contributed by atoms with Crippen molar-refractivity contribution in [1.82, 2.24) is 0 Å². The van der Waals surface area contributed by atoms with Crippen LogP contribution in [0.2, 0.25) is 0 Å². The Balaban J connectivity index is 0. The molecule has 0 saturated carbocycles. The quantitative estimate of drug-likeness (QED) is 0.646. The Morgan fingerprint density at radius 1 is 1.50 bits per heavy atom.